The molecule has 2 heterocycles. The van der Waals surface area contributed by atoms with Gasteiger partial charge in [-0.05, 0) is 54.5 Å². The van der Waals surface area contributed by atoms with E-state index in [0.29, 0.717) is 41.2 Å². The van der Waals surface area contributed by atoms with Gasteiger partial charge in [0.15, 0.2) is 16.6 Å². The molecule has 1 N–H and O–H groups in total. The van der Waals surface area contributed by atoms with Crippen molar-refractivity contribution < 1.29 is 18.7 Å². The third-order valence-electron chi connectivity index (χ3n) is 4.11. The highest BCUT2D eigenvalue weighted by Crippen LogP contribution is 2.29. The molecule has 0 spiro atoms. The molecule has 0 radical (unpaired) electrons. The van der Waals surface area contributed by atoms with Crippen LogP contribution in [0.4, 0.5) is 0 Å². The highest BCUT2D eigenvalue weighted by atomic mass is 32.1. The van der Waals surface area contributed by atoms with E-state index in [9.17, 15) is 4.79 Å². The lowest BCUT2D eigenvalue weighted by molar-refractivity contribution is -0.122. The van der Waals surface area contributed by atoms with Gasteiger partial charge in [0.25, 0.3) is 5.91 Å². The van der Waals surface area contributed by atoms with Gasteiger partial charge in [-0.25, -0.2) is 0 Å². The summed E-state index contributed by atoms with van der Waals surface area (Å²) in [7, 11) is 1.60. The number of carbonyl (C=O) groups excluding carboxylic acids is 1. The summed E-state index contributed by atoms with van der Waals surface area (Å²) in [5.41, 5.74) is 1.23. The molecule has 1 aromatic carbocycles. The van der Waals surface area contributed by atoms with E-state index in [-0.39, 0.29) is 5.91 Å². The zero-order chi connectivity index (χ0) is 19.2. The Balaban J connectivity index is 1.78. The lowest BCUT2D eigenvalue weighted by Gasteiger charge is -2.11. The lowest BCUT2D eigenvalue weighted by Crippen LogP contribution is -2.29. The number of ether oxygens (including phenoxy) is 2. The summed E-state index contributed by atoms with van der Waals surface area (Å²) in [4.78, 5) is 14.1. The van der Waals surface area contributed by atoms with Gasteiger partial charge in [0.2, 0.25) is 0 Å². The van der Waals surface area contributed by atoms with Gasteiger partial charge in [0.1, 0.15) is 11.5 Å². The Morgan fingerprint density at radius 1 is 1.30 bits per heavy atom. The molecule has 0 aliphatic carbocycles. The highest BCUT2D eigenvalue weighted by molar-refractivity contribution is 7.80. The molecule has 3 rings (SSSR count). The van der Waals surface area contributed by atoms with Crippen LogP contribution in [0, 0.1) is 0 Å². The molecule has 0 saturated carbocycles. The van der Waals surface area contributed by atoms with Crippen molar-refractivity contribution >= 4 is 29.3 Å². The first kappa shape index (κ1) is 19.0. The van der Waals surface area contributed by atoms with Gasteiger partial charge >= 0.3 is 0 Å². The van der Waals surface area contributed by atoms with Crippen molar-refractivity contribution in [3.63, 3.8) is 0 Å². The van der Waals surface area contributed by atoms with E-state index in [1.807, 2.05) is 18.2 Å². The van der Waals surface area contributed by atoms with Crippen molar-refractivity contribution in [3.8, 4) is 11.5 Å². The number of amides is 1. The second-order valence-electron chi connectivity index (χ2n) is 6.07. The smallest absolute Gasteiger partial charge is 0.276 e. The second-order valence-corrected chi connectivity index (χ2v) is 6.46. The molecule has 0 bridgehead atoms. The van der Waals surface area contributed by atoms with Crippen LogP contribution in [0.1, 0.15) is 31.1 Å². The van der Waals surface area contributed by atoms with Crippen LogP contribution in [0.25, 0.3) is 6.08 Å². The third-order valence-corrected chi connectivity index (χ3v) is 4.43. The van der Waals surface area contributed by atoms with Crippen LogP contribution in [0.3, 0.4) is 0 Å². The first-order valence-electron chi connectivity index (χ1n) is 8.80. The lowest BCUT2D eigenvalue weighted by atomic mass is 10.1. The molecule has 7 heteroatoms. The number of hydrogen-bond donors (Lipinski definition) is 1. The third kappa shape index (κ3) is 4.49. The van der Waals surface area contributed by atoms with E-state index in [4.69, 9.17) is 26.1 Å². The number of carbonyl (C=O) groups is 1. The minimum Gasteiger partial charge on any atom is -0.493 e. The zero-order valence-electron chi connectivity index (χ0n) is 15.4. The van der Waals surface area contributed by atoms with Gasteiger partial charge < -0.3 is 19.2 Å². The molecule has 1 fully saturated rings. The quantitative estimate of drug-likeness (QED) is 0.424. The number of nitrogens with zero attached hydrogens (tertiary/aromatic N) is 1. The summed E-state index contributed by atoms with van der Waals surface area (Å²) in [6.07, 6.45) is 5.33. The fourth-order valence-corrected chi connectivity index (χ4v) is 2.92. The van der Waals surface area contributed by atoms with E-state index < -0.39 is 0 Å². The van der Waals surface area contributed by atoms with E-state index in [0.717, 1.165) is 18.4 Å². The number of rotatable bonds is 8. The molecule has 27 heavy (non-hydrogen) atoms. The number of furan rings is 1. The van der Waals surface area contributed by atoms with Crippen molar-refractivity contribution in [2.24, 2.45) is 0 Å². The maximum Gasteiger partial charge on any atom is 0.276 e. The molecular formula is C20H22N2O4S. The summed E-state index contributed by atoms with van der Waals surface area (Å²) in [5.74, 6) is 1.79. The summed E-state index contributed by atoms with van der Waals surface area (Å²) in [5, 5.41) is 3.33. The largest absolute Gasteiger partial charge is 0.493 e. The normalized spacial score (nSPS) is 15.3. The minimum atomic E-state index is -0.194. The predicted octanol–water partition coefficient (Wildman–Crippen LogP) is 3.72. The van der Waals surface area contributed by atoms with Crippen LogP contribution in [0.5, 0.6) is 11.5 Å². The maximum atomic E-state index is 12.7. The van der Waals surface area contributed by atoms with Crippen molar-refractivity contribution in [2.45, 2.75) is 26.3 Å². The predicted molar refractivity (Wildman–Crippen MR) is 106 cm³/mol. The SMILES string of the molecule is CCCCOc1cc(/C=C2\NC(=S)N(Cc3ccco3)C2=O)ccc1OC. The molecule has 142 valence electrons. The first-order valence-corrected chi connectivity index (χ1v) is 9.21. The number of methoxy groups -OCH3 is 1. The van der Waals surface area contributed by atoms with Crippen LogP contribution < -0.4 is 14.8 Å². The molecule has 0 unspecified atom stereocenters. The highest BCUT2D eigenvalue weighted by Gasteiger charge is 2.31. The van der Waals surface area contributed by atoms with E-state index in [1.54, 1.807) is 31.6 Å². The van der Waals surface area contributed by atoms with Crippen LogP contribution in [-0.2, 0) is 11.3 Å². The Bertz CT molecular complexity index is 846. The summed E-state index contributed by atoms with van der Waals surface area (Å²) >= 11 is 5.29. The molecule has 1 aliphatic rings. The van der Waals surface area contributed by atoms with Crippen LogP contribution in [0.2, 0.25) is 0 Å². The topological polar surface area (TPSA) is 63.9 Å². The van der Waals surface area contributed by atoms with Crippen molar-refractivity contribution in [2.75, 3.05) is 13.7 Å². The molecular weight excluding hydrogens is 364 g/mol. The van der Waals surface area contributed by atoms with E-state index in [1.165, 1.54) is 4.90 Å². The zero-order valence-corrected chi connectivity index (χ0v) is 16.2. The first-order chi connectivity index (χ1) is 13.1. The molecule has 1 aromatic heterocycles. The number of thiocarbonyl (C=S) groups is 1. The van der Waals surface area contributed by atoms with E-state index >= 15 is 0 Å². The number of hydrogen-bond acceptors (Lipinski definition) is 5. The number of benzene rings is 1. The standard InChI is InChI=1S/C20H22N2O4S/c1-3-4-9-26-18-12-14(7-8-17(18)24-2)11-16-19(23)22(20(27)21-16)13-15-6-5-10-25-15/h5-8,10-12H,3-4,9,13H2,1-2H3,(H,21,27)/b16-11-. The Hall–Kier alpha value is -2.80. The van der Waals surface area contributed by atoms with Crippen molar-refractivity contribution in [3.05, 3.63) is 53.6 Å². The minimum absolute atomic E-state index is 0.194. The van der Waals surface area contributed by atoms with E-state index in [2.05, 4.69) is 12.2 Å². The van der Waals surface area contributed by atoms with Gasteiger partial charge in [0.05, 0.1) is 26.5 Å². The average molecular weight is 386 g/mol. The molecule has 0 atom stereocenters. The molecule has 6 nitrogen and oxygen atoms in total. The van der Waals surface area contributed by atoms with Gasteiger partial charge in [-0.1, -0.05) is 19.4 Å². The fourth-order valence-electron chi connectivity index (χ4n) is 2.66. The second kappa shape index (κ2) is 8.73. The van der Waals surface area contributed by atoms with Crippen LogP contribution in [0.15, 0.2) is 46.7 Å². The summed E-state index contributed by atoms with van der Waals surface area (Å²) in [6.45, 7) is 3.02. The molecule has 2 aromatic rings. The van der Waals surface area contributed by atoms with Crippen LogP contribution in [-0.4, -0.2) is 29.6 Å². The van der Waals surface area contributed by atoms with Crippen molar-refractivity contribution in [1.82, 2.24) is 10.2 Å². The maximum absolute atomic E-state index is 12.7. The molecule has 1 saturated heterocycles. The Morgan fingerprint density at radius 3 is 2.85 bits per heavy atom. The summed E-state index contributed by atoms with van der Waals surface area (Å²) < 4.78 is 16.5. The average Bonchev–Trinajstić information content (AvgIpc) is 3.27. The fraction of sp³-hybridized carbons (Fsp3) is 0.300. The van der Waals surface area contributed by atoms with Crippen molar-refractivity contribution in [1.29, 1.82) is 0 Å². The molecule has 1 aliphatic heterocycles. The van der Waals surface area contributed by atoms with Gasteiger partial charge in [-0.3, -0.25) is 9.69 Å². The Labute approximate surface area is 163 Å². The Morgan fingerprint density at radius 2 is 2.15 bits per heavy atom. The van der Waals surface area contributed by atoms with Gasteiger partial charge in [0, 0.05) is 0 Å². The number of unbranched alkanes of at least 4 members (excludes halogenated alkanes) is 1. The Kier molecular flexibility index (Phi) is 6.13. The monoisotopic (exact) mass is 386 g/mol. The van der Waals surface area contributed by atoms with Gasteiger partial charge in [-0.2, -0.15) is 0 Å². The van der Waals surface area contributed by atoms with Crippen LogP contribution >= 0.6 is 12.2 Å². The van der Waals surface area contributed by atoms with Gasteiger partial charge in [-0.15, -0.1) is 0 Å². The number of nitrogens with one attached hydrogen (secondary N) is 1. The summed E-state index contributed by atoms with van der Waals surface area (Å²) in [6, 6.07) is 9.13. The molecule has 1 amide bonds.